The summed E-state index contributed by atoms with van der Waals surface area (Å²) in [5, 5.41) is 11.2. The van der Waals surface area contributed by atoms with Gasteiger partial charge in [-0.25, -0.2) is 0 Å². The Bertz CT molecular complexity index is 1450. The summed E-state index contributed by atoms with van der Waals surface area (Å²) in [7, 11) is 0. The highest BCUT2D eigenvalue weighted by atomic mass is 35.5. The van der Waals surface area contributed by atoms with Gasteiger partial charge in [0.15, 0.2) is 0 Å². The second kappa shape index (κ2) is 8.23. The standard InChI is InChI=1S/C25H21ClN4O3/c1-12-8-13(2)17-10-18(24(32)29-20(17)9-12)22-19(11-27)23(28)30(25(33)21(22)14(3)31)16-6-4-15(26)5-7-16/h4-10,21-22H,28H2,1-3H3,(H,29,32)/t21-,22-/m1/s1. The molecule has 33 heavy (non-hydrogen) atoms. The van der Waals surface area contributed by atoms with Crippen LogP contribution in [0.5, 0.6) is 0 Å². The van der Waals surface area contributed by atoms with Crippen molar-refractivity contribution < 1.29 is 9.59 Å². The van der Waals surface area contributed by atoms with Gasteiger partial charge in [-0.1, -0.05) is 17.7 Å². The van der Waals surface area contributed by atoms with E-state index in [2.05, 4.69) is 4.98 Å². The Morgan fingerprint density at radius 3 is 2.42 bits per heavy atom. The molecule has 0 radical (unpaired) electrons. The fourth-order valence-electron chi connectivity index (χ4n) is 4.49. The van der Waals surface area contributed by atoms with Crippen LogP contribution in [0.25, 0.3) is 10.9 Å². The average Bonchev–Trinajstić information content (AvgIpc) is 2.74. The molecule has 0 fully saturated rings. The van der Waals surface area contributed by atoms with Gasteiger partial charge in [-0.3, -0.25) is 19.3 Å². The van der Waals surface area contributed by atoms with Crippen molar-refractivity contribution >= 4 is 39.9 Å². The third kappa shape index (κ3) is 3.69. The number of fused-ring (bicyclic) bond motifs is 1. The number of pyridine rings is 1. The minimum Gasteiger partial charge on any atom is -0.384 e. The zero-order chi connectivity index (χ0) is 24.0. The quantitative estimate of drug-likeness (QED) is 0.575. The molecule has 1 aliphatic heterocycles. The van der Waals surface area contributed by atoms with Crippen LogP contribution in [-0.4, -0.2) is 16.7 Å². The number of benzene rings is 2. The summed E-state index contributed by atoms with van der Waals surface area (Å²) < 4.78 is 0. The lowest BCUT2D eigenvalue weighted by molar-refractivity contribution is -0.132. The summed E-state index contributed by atoms with van der Waals surface area (Å²) in [6.45, 7) is 5.10. The number of halogens is 1. The molecule has 0 saturated carbocycles. The van der Waals surface area contributed by atoms with Crippen LogP contribution in [0.1, 0.15) is 29.5 Å². The van der Waals surface area contributed by atoms with Crippen molar-refractivity contribution in [2.75, 3.05) is 4.90 Å². The molecule has 2 atom stereocenters. The number of Topliss-reactive ketones (excluding diaryl/α,β-unsaturated/α-hetero) is 1. The largest absolute Gasteiger partial charge is 0.384 e. The molecule has 2 heterocycles. The number of allylic oxidation sites excluding steroid dienone is 1. The van der Waals surface area contributed by atoms with Crippen molar-refractivity contribution in [3.8, 4) is 6.07 Å². The van der Waals surface area contributed by atoms with Crippen molar-refractivity contribution in [3.63, 3.8) is 0 Å². The molecule has 4 rings (SSSR count). The molecule has 1 aromatic heterocycles. The lowest BCUT2D eigenvalue weighted by atomic mass is 9.75. The van der Waals surface area contributed by atoms with Crippen LogP contribution in [0, 0.1) is 31.1 Å². The predicted octanol–water partition coefficient (Wildman–Crippen LogP) is 3.83. The molecule has 8 heteroatoms. The van der Waals surface area contributed by atoms with E-state index in [9.17, 15) is 19.6 Å². The van der Waals surface area contributed by atoms with Crippen molar-refractivity contribution in [3.05, 3.63) is 85.9 Å². The van der Waals surface area contributed by atoms with E-state index < -0.39 is 29.1 Å². The number of amides is 1. The molecule has 7 nitrogen and oxygen atoms in total. The number of carbonyl (C=O) groups excluding carboxylic acids is 2. The number of ketones is 1. The summed E-state index contributed by atoms with van der Waals surface area (Å²) in [6.07, 6.45) is 0. The number of nitrogens with two attached hydrogens (primary N) is 1. The van der Waals surface area contributed by atoms with E-state index in [0.717, 1.165) is 21.4 Å². The highest BCUT2D eigenvalue weighted by Crippen LogP contribution is 2.40. The second-order valence-corrected chi connectivity index (χ2v) is 8.66. The number of nitrogens with zero attached hydrogens (tertiary/aromatic N) is 2. The molecule has 1 amide bonds. The number of nitriles is 1. The zero-order valence-electron chi connectivity index (χ0n) is 18.3. The van der Waals surface area contributed by atoms with Crippen LogP contribution in [0.3, 0.4) is 0 Å². The molecule has 2 aromatic carbocycles. The van der Waals surface area contributed by atoms with E-state index in [0.29, 0.717) is 16.2 Å². The Balaban J connectivity index is 1.99. The van der Waals surface area contributed by atoms with Gasteiger partial charge in [0, 0.05) is 27.4 Å². The lowest BCUT2D eigenvalue weighted by Crippen LogP contribution is -2.49. The molecule has 166 valence electrons. The van der Waals surface area contributed by atoms with E-state index in [-0.39, 0.29) is 17.0 Å². The molecular weight excluding hydrogens is 440 g/mol. The van der Waals surface area contributed by atoms with E-state index in [1.807, 2.05) is 32.0 Å². The van der Waals surface area contributed by atoms with Gasteiger partial charge >= 0.3 is 0 Å². The van der Waals surface area contributed by atoms with Gasteiger partial charge in [-0.15, -0.1) is 0 Å². The lowest BCUT2D eigenvalue weighted by Gasteiger charge is -2.36. The molecule has 3 N–H and O–H groups in total. The van der Waals surface area contributed by atoms with E-state index >= 15 is 0 Å². The summed E-state index contributed by atoms with van der Waals surface area (Å²) in [5.74, 6) is -3.58. The van der Waals surface area contributed by atoms with Crippen LogP contribution in [0.15, 0.2) is 58.7 Å². The predicted molar refractivity (Wildman–Crippen MR) is 127 cm³/mol. The molecule has 0 saturated heterocycles. The number of aryl methyl sites for hydroxylation is 2. The summed E-state index contributed by atoms with van der Waals surface area (Å²) in [6, 6.07) is 13.8. The number of hydrogen-bond acceptors (Lipinski definition) is 5. The first-order valence-corrected chi connectivity index (χ1v) is 10.7. The first-order chi connectivity index (χ1) is 15.6. The monoisotopic (exact) mass is 460 g/mol. The number of hydrogen-bond donors (Lipinski definition) is 2. The van der Waals surface area contributed by atoms with Gasteiger partial charge in [0.1, 0.15) is 17.5 Å². The molecule has 0 spiro atoms. The van der Waals surface area contributed by atoms with E-state index in [1.165, 1.54) is 6.92 Å². The van der Waals surface area contributed by atoms with Gasteiger partial charge in [-0.2, -0.15) is 5.26 Å². The maximum absolute atomic E-state index is 13.5. The van der Waals surface area contributed by atoms with Gasteiger partial charge in [0.2, 0.25) is 5.91 Å². The fourth-order valence-corrected chi connectivity index (χ4v) is 4.62. The van der Waals surface area contributed by atoms with Crippen LogP contribution < -0.4 is 16.2 Å². The third-order valence-electron chi connectivity index (χ3n) is 5.97. The molecule has 0 bridgehead atoms. The maximum atomic E-state index is 13.5. The minimum absolute atomic E-state index is 0.0145. The number of aromatic nitrogens is 1. The maximum Gasteiger partial charge on any atom is 0.252 e. The first-order valence-electron chi connectivity index (χ1n) is 10.3. The third-order valence-corrected chi connectivity index (χ3v) is 6.22. The highest BCUT2D eigenvalue weighted by Gasteiger charge is 2.46. The number of aromatic amines is 1. The van der Waals surface area contributed by atoms with E-state index in [1.54, 1.807) is 30.3 Å². The first kappa shape index (κ1) is 22.3. The van der Waals surface area contributed by atoms with Gasteiger partial charge < -0.3 is 10.7 Å². The molecular formula is C25H21ClN4O3. The topological polar surface area (TPSA) is 120 Å². The Morgan fingerprint density at radius 2 is 1.82 bits per heavy atom. The summed E-state index contributed by atoms with van der Waals surface area (Å²) >= 11 is 5.96. The summed E-state index contributed by atoms with van der Waals surface area (Å²) in [5.41, 5.74) is 8.88. The highest BCUT2D eigenvalue weighted by molar-refractivity contribution is 6.30. The Hall–Kier alpha value is -3.89. The number of nitrogens with one attached hydrogen (secondary N) is 1. The Morgan fingerprint density at radius 1 is 1.15 bits per heavy atom. The zero-order valence-corrected chi connectivity index (χ0v) is 19.0. The van der Waals surface area contributed by atoms with Crippen LogP contribution in [0.4, 0.5) is 5.69 Å². The van der Waals surface area contributed by atoms with Crippen LogP contribution in [0.2, 0.25) is 5.02 Å². The van der Waals surface area contributed by atoms with Gasteiger partial charge in [0.05, 0.1) is 17.3 Å². The summed E-state index contributed by atoms with van der Waals surface area (Å²) in [4.78, 5) is 43.3. The molecule has 1 aliphatic rings. The average molecular weight is 461 g/mol. The van der Waals surface area contributed by atoms with Crippen LogP contribution in [-0.2, 0) is 9.59 Å². The normalized spacial score (nSPS) is 18.5. The SMILES string of the molecule is CC(=O)[C@H]1C(=O)N(c2ccc(Cl)cc2)C(N)=C(C#N)[C@H]1c1cc2c(C)cc(C)cc2[nH]c1=O. The Kier molecular flexibility index (Phi) is 5.56. The van der Waals surface area contributed by atoms with Crippen molar-refractivity contribution in [1.29, 1.82) is 5.26 Å². The molecule has 0 unspecified atom stereocenters. The number of rotatable bonds is 3. The number of H-pyrrole nitrogens is 1. The second-order valence-electron chi connectivity index (χ2n) is 8.22. The number of anilines is 1. The fraction of sp³-hybridized carbons (Fsp3) is 0.200. The van der Waals surface area contributed by atoms with Crippen molar-refractivity contribution in [2.45, 2.75) is 26.7 Å². The molecule has 0 aliphatic carbocycles. The van der Waals surface area contributed by atoms with E-state index in [4.69, 9.17) is 17.3 Å². The minimum atomic E-state index is -1.29. The van der Waals surface area contributed by atoms with Gasteiger partial charge in [-0.05, 0) is 68.3 Å². The Labute approximate surface area is 195 Å². The number of carbonyl (C=O) groups is 2. The van der Waals surface area contributed by atoms with Crippen molar-refractivity contribution in [2.24, 2.45) is 11.7 Å². The van der Waals surface area contributed by atoms with Gasteiger partial charge in [0.25, 0.3) is 5.56 Å². The smallest absolute Gasteiger partial charge is 0.252 e. The van der Waals surface area contributed by atoms with Crippen LogP contribution >= 0.6 is 11.6 Å². The van der Waals surface area contributed by atoms with Crippen molar-refractivity contribution in [1.82, 2.24) is 4.98 Å². The molecule has 3 aromatic rings.